The quantitative estimate of drug-likeness (QED) is 0.469. The van der Waals surface area contributed by atoms with Gasteiger partial charge in [0.2, 0.25) is 0 Å². The van der Waals surface area contributed by atoms with Crippen LogP contribution in [0, 0.1) is 0 Å². The Labute approximate surface area is 55.5 Å². The zero-order chi connectivity index (χ0) is 3.58. The van der Waals surface area contributed by atoms with Crippen LogP contribution in [-0.4, -0.2) is 32.9 Å². The van der Waals surface area contributed by atoms with Crippen LogP contribution in [0.3, 0.4) is 0 Å². The van der Waals surface area contributed by atoms with Gasteiger partial charge in [-0.1, -0.05) is 0 Å². The van der Waals surface area contributed by atoms with Gasteiger partial charge < -0.3 is 5.48 Å². The van der Waals surface area contributed by atoms with Gasteiger partial charge in [0.1, 0.15) is 0 Å². The van der Waals surface area contributed by atoms with E-state index < -0.39 is 20.6 Å². The van der Waals surface area contributed by atoms with Gasteiger partial charge in [-0.25, -0.2) is 0 Å². The molecule has 6 heavy (non-hydrogen) atoms. The maximum Gasteiger partial charge on any atom is 0 e. The molecule has 4 N–H and O–H groups in total. The van der Waals surface area contributed by atoms with E-state index in [1.54, 1.807) is 0 Å². The Kier molecular flexibility index (Phi) is 24.7. The molecule has 0 bridgehead atoms. The van der Waals surface area contributed by atoms with Gasteiger partial charge in [0.05, 0.1) is 0 Å². The third kappa shape index (κ3) is 70.7. The zero-order valence-corrected chi connectivity index (χ0v) is 8.83. The monoisotopic (exact) mass is 252 g/mol. The Hall–Kier alpha value is 1.10. The predicted octanol–water partition coefficient (Wildman–Crippen LogP) is -2.44. The van der Waals surface area contributed by atoms with Crippen molar-refractivity contribution in [3.63, 3.8) is 0 Å². The molecule has 0 aromatic rings. The van der Waals surface area contributed by atoms with Crippen molar-refractivity contribution in [1.29, 1.82) is 0 Å². The van der Waals surface area contributed by atoms with E-state index >= 15 is 0 Å². The van der Waals surface area contributed by atoms with Crippen molar-refractivity contribution < 1.29 is 34.9 Å². The molecule has 0 saturated heterocycles. The van der Waals surface area contributed by atoms with Gasteiger partial charge in [-0.2, -0.15) is 0 Å². The summed E-state index contributed by atoms with van der Waals surface area (Å²) in [6.45, 7) is 0. The van der Waals surface area contributed by atoms with Crippen molar-refractivity contribution >= 4 is 20.6 Å². The van der Waals surface area contributed by atoms with E-state index in [-0.39, 0.29) is 25.0 Å². The minimum atomic E-state index is -3.79. The summed E-state index contributed by atoms with van der Waals surface area (Å²) in [4.78, 5) is 0. The molecule has 4 nitrogen and oxygen atoms in total. The molecule has 6 heteroatoms. The summed E-state index contributed by atoms with van der Waals surface area (Å²) in [5, 5.41) is 0. The van der Waals surface area contributed by atoms with E-state index in [9.17, 15) is 0 Å². The number of rotatable bonds is 0. The smallest absolute Gasteiger partial charge is 0 e. The van der Waals surface area contributed by atoms with Gasteiger partial charge in [0, 0.05) is 19.5 Å². The molecule has 0 heterocycles. The van der Waals surface area contributed by atoms with Crippen LogP contribution in [0.1, 0.15) is 0 Å². The molecule has 0 aliphatic rings. The average molecular weight is 252 g/mol. The van der Waals surface area contributed by atoms with Crippen LogP contribution in [0.5, 0.6) is 0 Å². The molecular weight excluding hydrogens is 248 g/mol. The van der Waals surface area contributed by atoms with Crippen molar-refractivity contribution in [3.8, 4) is 0 Å². The van der Waals surface area contributed by atoms with Gasteiger partial charge in [-0.05, 0) is 0 Å². The average Bonchev–Trinajstić information content (AvgIpc) is 0.811. The van der Waals surface area contributed by atoms with E-state index in [1.807, 2.05) is 0 Å². The Morgan fingerprint density at radius 3 is 1.33 bits per heavy atom. The third-order valence-corrected chi connectivity index (χ3v) is 0. The molecule has 0 aromatic carbocycles. The van der Waals surface area contributed by atoms with Crippen LogP contribution in [-0.2, 0) is 22.6 Å². The Morgan fingerprint density at radius 2 is 1.33 bits per heavy atom. The van der Waals surface area contributed by atoms with Gasteiger partial charge in [0.15, 0.2) is 0 Å². The molecule has 0 aliphatic carbocycles. The molecule has 34 valence electrons. The summed E-state index contributed by atoms with van der Waals surface area (Å²) < 4.78 is 23.3. The largest absolute Gasteiger partial charge is 0 e. The van der Waals surface area contributed by atoms with E-state index in [4.69, 9.17) is 9.96 Å². The van der Waals surface area contributed by atoms with E-state index in [2.05, 4.69) is 0 Å². The molecule has 0 rings (SSSR count). The van der Waals surface area contributed by atoms with Crippen molar-refractivity contribution in [2.24, 2.45) is 0 Å². The molecule has 0 spiro atoms. The molecule has 0 saturated carbocycles. The Morgan fingerprint density at radius 1 is 1.33 bits per heavy atom. The first-order valence-electron chi connectivity index (χ1n) is 0.651. The molecule has 0 radical (unpaired) electrons. The molecule has 0 unspecified atom stereocenters. The standard InChI is InChI=1S/3H2O.O.Sn.Zn/h3*1H2;;;/q;;;;+2;/p-2. The molecule has 0 fully saturated rings. The van der Waals surface area contributed by atoms with Crippen LogP contribution in [0.4, 0.5) is 0 Å². The van der Waals surface area contributed by atoms with E-state index in [0.29, 0.717) is 0 Å². The number of hydrogen-bond donors (Lipinski definition) is 2. The molecule has 0 atom stereocenters. The van der Waals surface area contributed by atoms with Crippen LogP contribution in [0.15, 0.2) is 0 Å². The third-order valence-electron chi connectivity index (χ3n) is 0. The normalized spacial score (nSPS) is 4.33. The summed E-state index contributed by atoms with van der Waals surface area (Å²) in [6.07, 6.45) is 0. The summed E-state index contributed by atoms with van der Waals surface area (Å²) in [5.41, 5.74) is 0. The Balaban J connectivity index is -0.0000000450. The summed E-state index contributed by atoms with van der Waals surface area (Å²) >= 11 is -3.79. The summed E-state index contributed by atoms with van der Waals surface area (Å²) in [6, 6.07) is 0. The van der Waals surface area contributed by atoms with Gasteiger partial charge >= 0.3 is 30.5 Å². The van der Waals surface area contributed by atoms with Gasteiger partial charge in [-0.15, -0.1) is 0 Å². The maximum absolute atomic E-state index is 8.84. The second-order valence-corrected chi connectivity index (χ2v) is 1.90. The zero-order valence-electron chi connectivity index (χ0n) is 3.01. The fourth-order valence-electron chi connectivity index (χ4n) is 0. The minimum Gasteiger partial charge on any atom is 0 e. The first-order chi connectivity index (χ1) is 1.73. The van der Waals surface area contributed by atoms with Crippen molar-refractivity contribution in [1.82, 2.24) is 0 Å². The molecule has 0 aromatic heterocycles. The number of hydrogen-bond acceptors (Lipinski definition) is 1. The SMILES string of the molecule is O.[O]=[Sn]([OH])[OH].[Zn]. The first kappa shape index (κ1) is 15.7. The fraction of sp³-hybridized carbons (Fsp3) is 0. The Bertz CT molecular complexity index is 30.5. The van der Waals surface area contributed by atoms with Crippen LogP contribution >= 0.6 is 0 Å². The molecule has 0 aliphatic heterocycles. The summed E-state index contributed by atoms with van der Waals surface area (Å²) in [7, 11) is 0. The fourth-order valence-corrected chi connectivity index (χ4v) is 0. The van der Waals surface area contributed by atoms with E-state index in [0.717, 1.165) is 0 Å². The minimum absolute atomic E-state index is 0. The van der Waals surface area contributed by atoms with Crippen LogP contribution in [0.25, 0.3) is 0 Å². The topological polar surface area (TPSA) is 89.0 Å². The van der Waals surface area contributed by atoms with Crippen molar-refractivity contribution in [2.45, 2.75) is 0 Å². The van der Waals surface area contributed by atoms with E-state index in [1.165, 1.54) is 0 Å². The van der Waals surface area contributed by atoms with Gasteiger partial charge in [-0.3, -0.25) is 0 Å². The van der Waals surface area contributed by atoms with Crippen LogP contribution < -0.4 is 0 Å². The first-order valence-corrected chi connectivity index (χ1v) is 4.37. The van der Waals surface area contributed by atoms with Crippen LogP contribution in [0.2, 0.25) is 0 Å². The maximum atomic E-state index is 8.84. The van der Waals surface area contributed by atoms with Crippen molar-refractivity contribution in [3.05, 3.63) is 0 Å². The second-order valence-electron chi connectivity index (χ2n) is 0.283. The molecule has 0 amide bonds. The molecular formula is H4O4SnZn. The summed E-state index contributed by atoms with van der Waals surface area (Å²) in [5.74, 6) is 0. The van der Waals surface area contributed by atoms with Gasteiger partial charge in [0.25, 0.3) is 0 Å². The second kappa shape index (κ2) is 9.44. The van der Waals surface area contributed by atoms with Crippen molar-refractivity contribution in [2.75, 3.05) is 0 Å². The predicted molar refractivity (Wildman–Crippen MR) is 14.5 cm³/mol.